The van der Waals surface area contributed by atoms with E-state index >= 15 is 0 Å². The van der Waals surface area contributed by atoms with Crippen molar-refractivity contribution in [1.82, 2.24) is 10.1 Å². The molecule has 1 aromatic carbocycles. The van der Waals surface area contributed by atoms with Crippen LogP contribution in [0.5, 0.6) is 0 Å². The second kappa shape index (κ2) is 5.93. The van der Waals surface area contributed by atoms with Crippen LogP contribution in [0.3, 0.4) is 0 Å². The minimum Gasteiger partial charge on any atom is -0.339 e. The van der Waals surface area contributed by atoms with Gasteiger partial charge in [-0.2, -0.15) is 4.98 Å². The molecule has 0 radical (unpaired) electrons. The van der Waals surface area contributed by atoms with Crippen molar-refractivity contribution in [1.29, 1.82) is 0 Å². The van der Waals surface area contributed by atoms with Crippen LogP contribution < -0.4 is 5.73 Å². The van der Waals surface area contributed by atoms with Gasteiger partial charge in [-0.05, 0) is 37.3 Å². The van der Waals surface area contributed by atoms with E-state index in [9.17, 15) is 4.39 Å². The highest BCUT2D eigenvalue weighted by atomic mass is 19.1. The van der Waals surface area contributed by atoms with Crippen molar-refractivity contribution >= 4 is 0 Å². The lowest BCUT2D eigenvalue weighted by molar-refractivity contribution is 0.273. The van der Waals surface area contributed by atoms with Gasteiger partial charge in [-0.3, -0.25) is 0 Å². The van der Waals surface area contributed by atoms with E-state index in [2.05, 4.69) is 10.1 Å². The number of hydrogen-bond donors (Lipinski definition) is 1. The highest BCUT2D eigenvalue weighted by Crippen LogP contribution is 2.26. The van der Waals surface area contributed by atoms with Crippen molar-refractivity contribution in [3.63, 3.8) is 0 Å². The van der Waals surface area contributed by atoms with E-state index in [0.717, 1.165) is 12.8 Å². The number of benzene rings is 1. The first-order chi connectivity index (χ1) is 10.1. The second-order valence-electron chi connectivity index (χ2n) is 5.89. The Kier molecular flexibility index (Phi) is 4.01. The zero-order chi connectivity index (χ0) is 14.8. The van der Waals surface area contributed by atoms with Crippen molar-refractivity contribution < 1.29 is 8.91 Å². The maximum Gasteiger partial charge on any atom is 0.227 e. The third-order valence-corrected chi connectivity index (χ3v) is 4.30. The number of hydrogen-bond acceptors (Lipinski definition) is 4. The van der Waals surface area contributed by atoms with Gasteiger partial charge in [0, 0.05) is 18.0 Å². The quantitative estimate of drug-likeness (QED) is 0.942. The fourth-order valence-electron chi connectivity index (χ4n) is 2.90. The molecule has 21 heavy (non-hydrogen) atoms. The predicted molar refractivity (Wildman–Crippen MR) is 78.1 cm³/mol. The van der Waals surface area contributed by atoms with Crippen molar-refractivity contribution in [2.45, 2.75) is 45.1 Å². The fraction of sp³-hybridized carbons (Fsp3) is 0.500. The van der Waals surface area contributed by atoms with Crippen LogP contribution in [-0.2, 0) is 6.42 Å². The molecule has 0 amide bonds. The summed E-state index contributed by atoms with van der Waals surface area (Å²) >= 11 is 0. The minimum atomic E-state index is -0.256. The van der Waals surface area contributed by atoms with Gasteiger partial charge in [0.05, 0.1) is 0 Å². The minimum absolute atomic E-state index is 0.214. The lowest BCUT2D eigenvalue weighted by atomic mass is 9.83. The van der Waals surface area contributed by atoms with Crippen molar-refractivity contribution in [2.24, 2.45) is 11.7 Å². The van der Waals surface area contributed by atoms with Gasteiger partial charge in [-0.25, -0.2) is 4.39 Å². The average Bonchev–Trinajstić information content (AvgIpc) is 2.93. The van der Waals surface area contributed by atoms with E-state index in [0.29, 0.717) is 35.2 Å². The van der Waals surface area contributed by atoms with Crippen LogP contribution in [0.1, 0.15) is 37.1 Å². The van der Waals surface area contributed by atoms with Crippen LogP contribution in [0, 0.1) is 18.7 Å². The Hall–Kier alpha value is -1.75. The zero-order valence-corrected chi connectivity index (χ0v) is 12.2. The Labute approximate surface area is 123 Å². The molecule has 2 aromatic rings. The molecular formula is C16H20FN3O. The summed E-state index contributed by atoms with van der Waals surface area (Å²) in [5.41, 5.74) is 7.39. The molecule has 1 aliphatic rings. The van der Waals surface area contributed by atoms with Gasteiger partial charge in [0.25, 0.3) is 0 Å². The third-order valence-electron chi connectivity index (χ3n) is 4.30. The summed E-state index contributed by atoms with van der Waals surface area (Å²) in [5, 5.41) is 3.95. The molecule has 1 fully saturated rings. The van der Waals surface area contributed by atoms with Crippen LogP contribution in [0.15, 0.2) is 22.7 Å². The molecule has 4 nitrogen and oxygen atoms in total. The smallest absolute Gasteiger partial charge is 0.227 e. The van der Waals surface area contributed by atoms with Gasteiger partial charge in [-0.1, -0.05) is 30.1 Å². The van der Waals surface area contributed by atoms with Gasteiger partial charge in [0.2, 0.25) is 11.7 Å². The lowest BCUT2D eigenvalue weighted by Crippen LogP contribution is -2.34. The van der Waals surface area contributed by atoms with Crippen LogP contribution in [0.4, 0.5) is 4.39 Å². The Morgan fingerprint density at radius 2 is 2.14 bits per heavy atom. The maximum atomic E-state index is 13.6. The highest BCUT2D eigenvalue weighted by Gasteiger charge is 2.24. The summed E-state index contributed by atoms with van der Waals surface area (Å²) in [4.78, 5) is 4.38. The Bertz CT molecular complexity index is 626. The molecule has 5 heteroatoms. The molecule has 2 atom stereocenters. The van der Waals surface area contributed by atoms with E-state index in [-0.39, 0.29) is 11.9 Å². The van der Waals surface area contributed by atoms with Crippen LogP contribution >= 0.6 is 0 Å². The predicted octanol–water partition coefficient (Wildman–Crippen LogP) is 3.24. The molecular weight excluding hydrogens is 269 g/mol. The first-order valence-corrected chi connectivity index (χ1v) is 7.48. The number of nitrogens with zero attached hydrogens (tertiary/aromatic N) is 2. The van der Waals surface area contributed by atoms with Gasteiger partial charge in [0.1, 0.15) is 5.82 Å². The van der Waals surface area contributed by atoms with E-state index in [4.69, 9.17) is 10.3 Å². The van der Waals surface area contributed by atoms with Crippen molar-refractivity contribution in [2.75, 3.05) is 0 Å². The van der Waals surface area contributed by atoms with E-state index in [1.165, 1.54) is 18.9 Å². The summed E-state index contributed by atoms with van der Waals surface area (Å²) in [6, 6.07) is 5.18. The molecule has 0 bridgehead atoms. The number of halogens is 1. The van der Waals surface area contributed by atoms with Gasteiger partial charge >= 0.3 is 0 Å². The Balaban J connectivity index is 1.75. The van der Waals surface area contributed by atoms with Crippen molar-refractivity contribution in [3.05, 3.63) is 35.5 Å². The molecule has 3 rings (SSSR count). The van der Waals surface area contributed by atoms with Crippen LogP contribution in [0.25, 0.3) is 11.4 Å². The first-order valence-electron chi connectivity index (χ1n) is 7.48. The molecule has 1 aromatic heterocycles. The second-order valence-corrected chi connectivity index (χ2v) is 5.89. The van der Waals surface area contributed by atoms with Crippen LogP contribution in [0.2, 0.25) is 0 Å². The molecule has 1 heterocycles. The molecule has 2 N–H and O–H groups in total. The van der Waals surface area contributed by atoms with E-state index in [1.54, 1.807) is 19.1 Å². The van der Waals surface area contributed by atoms with Gasteiger partial charge < -0.3 is 10.3 Å². The third kappa shape index (κ3) is 3.13. The molecule has 0 aliphatic heterocycles. The largest absolute Gasteiger partial charge is 0.339 e. The summed E-state index contributed by atoms with van der Waals surface area (Å²) in [7, 11) is 0. The summed E-state index contributed by atoms with van der Waals surface area (Å²) in [6.07, 6.45) is 5.30. The van der Waals surface area contributed by atoms with Crippen molar-refractivity contribution in [3.8, 4) is 11.4 Å². The molecule has 112 valence electrons. The SMILES string of the molecule is Cc1ccc(-c2noc(CC3CCCCC3N)n2)cc1F. The topological polar surface area (TPSA) is 64.9 Å². The Morgan fingerprint density at radius 1 is 1.33 bits per heavy atom. The van der Waals surface area contributed by atoms with Crippen LogP contribution in [-0.4, -0.2) is 16.2 Å². The molecule has 0 spiro atoms. The first kappa shape index (κ1) is 14.2. The maximum absolute atomic E-state index is 13.6. The van der Waals surface area contributed by atoms with Gasteiger partial charge in [-0.15, -0.1) is 0 Å². The fourth-order valence-corrected chi connectivity index (χ4v) is 2.90. The standard InChI is InChI=1S/C16H20FN3O/c1-10-6-7-12(8-13(10)17)16-19-15(21-20-16)9-11-4-2-3-5-14(11)18/h6-8,11,14H,2-5,9,18H2,1H3. The summed E-state index contributed by atoms with van der Waals surface area (Å²) < 4.78 is 18.9. The number of rotatable bonds is 3. The molecule has 2 unspecified atom stereocenters. The number of aromatic nitrogens is 2. The zero-order valence-electron chi connectivity index (χ0n) is 12.2. The molecule has 1 aliphatic carbocycles. The lowest BCUT2D eigenvalue weighted by Gasteiger charge is -2.27. The normalized spacial score (nSPS) is 22.4. The monoisotopic (exact) mass is 289 g/mol. The molecule has 0 saturated heterocycles. The van der Waals surface area contributed by atoms with E-state index < -0.39 is 0 Å². The number of nitrogens with two attached hydrogens (primary N) is 1. The Morgan fingerprint density at radius 3 is 2.90 bits per heavy atom. The van der Waals surface area contributed by atoms with Gasteiger partial charge in [0.15, 0.2) is 0 Å². The highest BCUT2D eigenvalue weighted by molar-refractivity contribution is 5.54. The summed E-state index contributed by atoms with van der Waals surface area (Å²) in [5.74, 6) is 1.18. The summed E-state index contributed by atoms with van der Waals surface area (Å²) in [6.45, 7) is 1.73. The number of aryl methyl sites for hydroxylation is 1. The molecule has 1 saturated carbocycles. The average molecular weight is 289 g/mol. The van der Waals surface area contributed by atoms with E-state index in [1.807, 2.05) is 0 Å².